The molecule has 0 aliphatic carbocycles. The van der Waals surface area contributed by atoms with Crippen LogP contribution in [0.1, 0.15) is 33.1 Å². The van der Waals surface area contributed by atoms with E-state index in [9.17, 15) is 9.59 Å². The van der Waals surface area contributed by atoms with Crippen molar-refractivity contribution in [2.24, 2.45) is 0 Å². The van der Waals surface area contributed by atoms with Crippen molar-refractivity contribution in [3.05, 3.63) is 0 Å². The van der Waals surface area contributed by atoms with Crippen LogP contribution in [0.4, 0.5) is 0 Å². The van der Waals surface area contributed by atoms with E-state index in [0.29, 0.717) is 13.0 Å². The third kappa shape index (κ3) is 2.97. The second-order valence-corrected chi connectivity index (χ2v) is 6.49. The largest absolute Gasteiger partial charge is 0.467 e. The van der Waals surface area contributed by atoms with E-state index < -0.39 is 10.4 Å². The van der Waals surface area contributed by atoms with Crippen molar-refractivity contribution in [2.75, 3.05) is 13.7 Å². The van der Waals surface area contributed by atoms with Crippen molar-refractivity contribution in [3.8, 4) is 0 Å². The normalized spacial score (nSPS) is 21.8. The van der Waals surface area contributed by atoms with E-state index in [1.165, 1.54) is 7.11 Å². The van der Waals surface area contributed by atoms with E-state index in [4.69, 9.17) is 4.74 Å². The summed E-state index contributed by atoms with van der Waals surface area (Å²) in [5, 5.41) is 0. The number of alkyl halides is 1. The lowest BCUT2D eigenvalue weighted by Crippen LogP contribution is -2.53. The number of carbonyl (C=O) groups excluding carboxylic acids is 2. The molecule has 1 rings (SSSR count). The minimum atomic E-state index is -0.628. The summed E-state index contributed by atoms with van der Waals surface area (Å²) in [6.07, 6.45) is 2.61. The molecule has 1 aliphatic heterocycles. The second kappa shape index (κ2) is 5.17. The number of carbonyl (C=O) groups is 2. The first-order valence-corrected chi connectivity index (χ1v) is 6.25. The first-order chi connectivity index (χ1) is 7.38. The molecule has 0 aromatic rings. The van der Waals surface area contributed by atoms with Crippen molar-refractivity contribution >= 4 is 27.8 Å². The molecule has 0 spiro atoms. The predicted molar refractivity (Wildman–Crippen MR) is 64.4 cm³/mol. The van der Waals surface area contributed by atoms with E-state index >= 15 is 0 Å². The Kier molecular flexibility index (Phi) is 4.35. The Morgan fingerprint density at radius 1 is 1.38 bits per heavy atom. The van der Waals surface area contributed by atoms with Crippen LogP contribution in [0.2, 0.25) is 0 Å². The zero-order chi connectivity index (χ0) is 12.3. The van der Waals surface area contributed by atoms with Crippen LogP contribution in [-0.4, -0.2) is 40.8 Å². The molecule has 92 valence electrons. The quantitative estimate of drug-likeness (QED) is 0.575. The van der Waals surface area contributed by atoms with Crippen LogP contribution >= 0.6 is 15.9 Å². The molecule has 1 atom stereocenters. The number of halogens is 1. The Morgan fingerprint density at radius 3 is 2.50 bits per heavy atom. The van der Waals surface area contributed by atoms with Gasteiger partial charge in [-0.15, -0.1) is 0 Å². The molecule has 0 bridgehead atoms. The van der Waals surface area contributed by atoms with Crippen molar-refractivity contribution < 1.29 is 14.3 Å². The van der Waals surface area contributed by atoms with Crippen molar-refractivity contribution in [1.82, 2.24) is 4.90 Å². The first kappa shape index (κ1) is 13.5. The topological polar surface area (TPSA) is 46.6 Å². The third-order valence-corrected chi connectivity index (χ3v) is 3.08. The summed E-state index contributed by atoms with van der Waals surface area (Å²) in [5.74, 6) is -0.368. The highest BCUT2D eigenvalue weighted by atomic mass is 79.9. The van der Waals surface area contributed by atoms with Gasteiger partial charge in [-0.2, -0.15) is 0 Å². The smallest absolute Gasteiger partial charge is 0.328 e. The molecule has 0 radical (unpaired) electrons. The number of nitrogens with zero attached hydrogens (tertiary/aromatic N) is 1. The Labute approximate surface area is 104 Å². The van der Waals surface area contributed by atoms with E-state index in [1.54, 1.807) is 18.7 Å². The van der Waals surface area contributed by atoms with Crippen molar-refractivity contribution in [2.45, 2.75) is 43.5 Å². The van der Waals surface area contributed by atoms with Gasteiger partial charge < -0.3 is 9.64 Å². The van der Waals surface area contributed by atoms with Crippen LogP contribution in [-0.2, 0) is 14.3 Å². The number of likely N-dealkylation sites (tertiary alicyclic amines) is 1. The van der Waals surface area contributed by atoms with Crippen LogP contribution < -0.4 is 0 Å². The van der Waals surface area contributed by atoms with Crippen LogP contribution in [0.3, 0.4) is 0 Å². The summed E-state index contributed by atoms with van der Waals surface area (Å²) in [5.41, 5.74) is 0. The fourth-order valence-electron chi connectivity index (χ4n) is 1.90. The van der Waals surface area contributed by atoms with Gasteiger partial charge in [-0.3, -0.25) is 4.79 Å². The lowest BCUT2D eigenvalue weighted by Gasteiger charge is -2.36. The van der Waals surface area contributed by atoms with Gasteiger partial charge >= 0.3 is 5.97 Å². The molecular formula is C11H18BrNO3. The van der Waals surface area contributed by atoms with Gasteiger partial charge in [0.05, 0.1) is 11.4 Å². The van der Waals surface area contributed by atoms with E-state index in [-0.39, 0.29) is 11.9 Å². The van der Waals surface area contributed by atoms with Gasteiger partial charge in [0, 0.05) is 6.54 Å². The fraction of sp³-hybridized carbons (Fsp3) is 0.818. The Hall–Kier alpha value is -0.580. The van der Waals surface area contributed by atoms with E-state index in [1.807, 2.05) is 0 Å². The maximum Gasteiger partial charge on any atom is 0.328 e. The van der Waals surface area contributed by atoms with Crippen LogP contribution in [0.15, 0.2) is 0 Å². The van der Waals surface area contributed by atoms with Gasteiger partial charge in [-0.25, -0.2) is 4.79 Å². The monoisotopic (exact) mass is 291 g/mol. The van der Waals surface area contributed by atoms with Crippen LogP contribution in [0.5, 0.6) is 0 Å². The highest BCUT2D eigenvalue weighted by Crippen LogP contribution is 2.25. The average Bonchev–Trinajstić information content (AvgIpc) is 2.25. The van der Waals surface area contributed by atoms with Gasteiger partial charge in [-0.1, -0.05) is 15.9 Å². The molecule has 4 nitrogen and oxygen atoms in total. The summed E-state index contributed by atoms with van der Waals surface area (Å²) < 4.78 is 4.11. The number of hydrogen-bond donors (Lipinski definition) is 0. The van der Waals surface area contributed by atoms with Crippen molar-refractivity contribution in [3.63, 3.8) is 0 Å². The maximum atomic E-state index is 12.1. The zero-order valence-corrected chi connectivity index (χ0v) is 11.5. The molecule has 0 aromatic heterocycles. The molecule has 1 amide bonds. The number of rotatable bonds is 2. The average molecular weight is 292 g/mol. The van der Waals surface area contributed by atoms with Gasteiger partial charge in [-0.05, 0) is 33.1 Å². The first-order valence-electron chi connectivity index (χ1n) is 5.45. The molecule has 1 heterocycles. The molecule has 0 N–H and O–H groups in total. The second-order valence-electron chi connectivity index (χ2n) is 4.51. The number of hydrogen-bond acceptors (Lipinski definition) is 3. The number of esters is 1. The maximum absolute atomic E-state index is 12.1. The summed E-state index contributed by atoms with van der Waals surface area (Å²) in [6.45, 7) is 4.21. The zero-order valence-electron chi connectivity index (χ0n) is 9.96. The molecule has 16 heavy (non-hydrogen) atoms. The van der Waals surface area contributed by atoms with E-state index in [2.05, 4.69) is 15.9 Å². The lowest BCUT2D eigenvalue weighted by molar-refractivity contribution is -0.155. The highest BCUT2D eigenvalue weighted by molar-refractivity contribution is 9.10. The number of methoxy groups -OCH3 is 1. The molecule has 5 heteroatoms. The minimum Gasteiger partial charge on any atom is -0.467 e. The van der Waals surface area contributed by atoms with Crippen molar-refractivity contribution in [1.29, 1.82) is 0 Å². The standard InChI is InChI=1S/C11H18BrNO3/c1-11(2,12)10(15)13-7-5-4-6-8(13)9(14)16-3/h8H,4-7H2,1-3H3. The molecule has 0 aromatic carbocycles. The third-order valence-electron chi connectivity index (χ3n) is 2.75. The minimum absolute atomic E-state index is 0.0531. The predicted octanol–water partition coefficient (Wildman–Crippen LogP) is 1.71. The summed E-state index contributed by atoms with van der Waals surface area (Å²) in [6, 6.07) is -0.414. The molecule has 0 saturated carbocycles. The summed E-state index contributed by atoms with van der Waals surface area (Å²) >= 11 is 3.33. The van der Waals surface area contributed by atoms with Gasteiger partial charge in [0.2, 0.25) is 5.91 Å². The SMILES string of the molecule is COC(=O)C1CCCCN1C(=O)C(C)(C)Br. The van der Waals surface area contributed by atoms with Crippen LogP contribution in [0.25, 0.3) is 0 Å². The number of piperidine rings is 1. The van der Waals surface area contributed by atoms with E-state index in [0.717, 1.165) is 12.8 Å². The summed E-state index contributed by atoms with van der Waals surface area (Å²) in [4.78, 5) is 25.3. The Morgan fingerprint density at radius 2 is 2.00 bits per heavy atom. The highest BCUT2D eigenvalue weighted by Gasteiger charge is 2.38. The van der Waals surface area contributed by atoms with Crippen LogP contribution in [0, 0.1) is 0 Å². The number of ether oxygens (including phenoxy) is 1. The van der Waals surface area contributed by atoms with Gasteiger partial charge in [0.1, 0.15) is 6.04 Å². The fourth-order valence-corrected chi connectivity index (χ4v) is 2.12. The van der Waals surface area contributed by atoms with Gasteiger partial charge in [0.25, 0.3) is 0 Å². The molecule has 1 saturated heterocycles. The van der Waals surface area contributed by atoms with Gasteiger partial charge in [0.15, 0.2) is 0 Å². The lowest BCUT2D eigenvalue weighted by atomic mass is 10.00. The molecule has 1 aliphatic rings. The molecular weight excluding hydrogens is 274 g/mol. The Balaban J connectivity index is 2.82. The summed E-state index contributed by atoms with van der Waals surface area (Å²) in [7, 11) is 1.36. The number of amides is 1. The molecule has 1 unspecified atom stereocenters. The Bertz CT molecular complexity index is 285. The molecule has 1 fully saturated rings.